The first-order chi connectivity index (χ1) is 18.8. The van der Waals surface area contributed by atoms with Crippen LogP contribution in [0.2, 0.25) is 0 Å². The topological polar surface area (TPSA) is 83.8 Å². The van der Waals surface area contributed by atoms with Gasteiger partial charge < -0.3 is 24.6 Å². The van der Waals surface area contributed by atoms with Crippen LogP contribution in [0.5, 0.6) is 5.75 Å². The summed E-state index contributed by atoms with van der Waals surface area (Å²) in [4.78, 5) is 28.5. The van der Waals surface area contributed by atoms with E-state index in [0.717, 1.165) is 16.8 Å². The number of aromatic nitrogens is 1. The first-order valence-electron chi connectivity index (χ1n) is 14.5. The molecule has 206 valence electrons. The number of hydrogen-bond donors (Lipinski definition) is 2. The largest absolute Gasteiger partial charge is 0.491 e. The molecule has 0 bridgehead atoms. The Labute approximate surface area is 230 Å². The summed E-state index contributed by atoms with van der Waals surface area (Å²) in [7, 11) is 0. The first-order valence-corrected chi connectivity index (χ1v) is 14.5. The van der Waals surface area contributed by atoms with E-state index in [9.17, 15) is 14.7 Å². The van der Waals surface area contributed by atoms with Crippen LogP contribution in [0.4, 0.5) is 0 Å². The van der Waals surface area contributed by atoms with Gasteiger partial charge in [-0.3, -0.25) is 9.59 Å². The number of aliphatic hydroxyl groups is 1. The van der Waals surface area contributed by atoms with E-state index in [1.807, 2.05) is 24.3 Å². The zero-order valence-corrected chi connectivity index (χ0v) is 23.0. The zero-order chi connectivity index (χ0) is 27.1. The number of hydrogen-bond acceptors (Lipinski definition) is 4. The smallest absolute Gasteiger partial charge is 0.252 e. The fourth-order valence-corrected chi connectivity index (χ4v) is 6.75. The highest BCUT2D eigenvalue weighted by Gasteiger charge is 2.36. The van der Waals surface area contributed by atoms with Crippen LogP contribution in [0, 0.1) is 0 Å². The maximum atomic E-state index is 13.5. The molecule has 2 aromatic carbocycles. The molecule has 39 heavy (non-hydrogen) atoms. The van der Waals surface area contributed by atoms with Crippen LogP contribution < -0.4 is 10.1 Å². The molecule has 1 saturated heterocycles. The highest BCUT2D eigenvalue weighted by molar-refractivity contribution is 6.03. The maximum absolute atomic E-state index is 13.5. The highest BCUT2D eigenvalue weighted by atomic mass is 16.5. The third kappa shape index (κ3) is 4.82. The molecular weight excluding hydrogens is 490 g/mol. The second-order valence-corrected chi connectivity index (χ2v) is 11.9. The lowest BCUT2D eigenvalue weighted by molar-refractivity contribution is -0.138. The van der Waals surface area contributed by atoms with Gasteiger partial charge >= 0.3 is 0 Å². The number of benzene rings is 2. The van der Waals surface area contributed by atoms with Crippen molar-refractivity contribution in [2.45, 2.75) is 82.9 Å². The van der Waals surface area contributed by atoms with E-state index in [2.05, 4.69) is 28.1 Å². The van der Waals surface area contributed by atoms with Gasteiger partial charge in [-0.25, -0.2) is 0 Å². The number of nitrogens with zero attached hydrogens (tertiary/aromatic N) is 2. The second-order valence-electron chi connectivity index (χ2n) is 11.9. The quantitative estimate of drug-likeness (QED) is 0.484. The Hall–Kier alpha value is -3.32. The van der Waals surface area contributed by atoms with E-state index >= 15 is 0 Å². The minimum absolute atomic E-state index is 0.117. The molecule has 2 N–H and O–H groups in total. The SMILES string of the molecule is CC(C)(NC(=O)c1ccc2c(C3CCCCC3)c3n(c2c1)CCOc1ccccc1-3)C(=O)N1CCC(O)CC1. The van der Waals surface area contributed by atoms with E-state index in [1.165, 1.54) is 48.7 Å². The molecule has 2 fully saturated rings. The van der Waals surface area contributed by atoms with Crippen molar-refractivity contribution in [3.63, 3.8) is 0 Å². The van der Waals surface area contributed by atoms with E-state index in [4.69, 9.17) is 4.74 Å². The van der Waals surface area contributed by atoms with Gasteiger partial charge in [-0.1, -0.05) is 37.5 Å². The summed E-state index contributed by atoms with van der Waals surface area (Å²) in [6.45, 7) is 5.82. The van der Waals surface area contributed by atoms with E-state index in [1.54, 1.807) is 18.7 Å². The standard InChI is InChI=1S/C32H39N3O4/c1-32(2,31(38)34-16-14-23(36)15-17-34)33-30(37)22-12-13-24-26(20-22)35-18-19-39-27-11-7-6-10-25(27)29(35)28(24)21-8-4-3-5-9-21/h6-7,10-13,20-21,23,36H,3-5,8-9,14-19H2,1-2H3,(H,33,37). The number of ether oxygens (including phenoxy) is 1. The minimum atomic E-state index is -1.05. The molecule has 1 aliphatic carbocycles. The van der Waals surface area contributed by atoms with Crippen LogP contribution in [0.3, 0.4) is 0 Å². The van der Waals surface area contributed by atoms with E-state index in [0.29, 0.717) is 50.6 Å². The lowest BCUT2D eigenvalue weighted by atomic mass is 9.81. The normalized spacial score (nSPS) is 18.7. The Balaban J connectivity index is 1.37. The number of likely N-dealkylation sites (tertiary alicyclic amines) is 1. The second kappa shape index (κ2) is 10.3. The Morgan fingerprint density at radius 3 is 2.49 bits per heavy atom. The van der Waals surface area contributed by atoms with Crippen molar-refractivity contribution in [1.29, 1.82) is 0 Å². The molecule has 0 atom stereocenters. The summed E-state index contributed by atoms with van der Waals surface area (Å²) in [5, 5.41) is 14.0. The monoisotopic (exact) mass is 529 g/mol. The van der Waals surface area contributed by atoms with E-state index < -0.39 is 5.54 Å². The van der Waals surface area contributed by atoms with Gasteiger partial charge in [0, 0.05) is 35.1 Å². The first kappa shape index (κ1) is 25.9. The minimum Gasteiger partial charge on any atom is -0.491 e. The molecule has 0 spiro atoms. The van der Waals surface area contributed by atoms with Crippen LogP contribution in [0.1, 0.15) is 80.6 Å². The summed E-state index contributed by atoms with van der Waals surface area (Å²) in [5.74, 6) is 1.03. The molecule has 1 saturated carbocycles. The van der Waals surface area contributed by atoms with Crippen molar-refractivity contribution < 1.29 is 19.4 Å². The summed E-state index contributed by atoms with van der Waals surface area (Å²) in [6, 6.07) is 14.3. The number of fused-ring (bicyclic) bond motifs is 5. The molecule has 7 heteroatoms. The average molecular weight is 530 g/mol. The molecule has 6 rings (SSSR count). The number of nitrogens with one attached hydrogen (secondary N) is 1. The van der Waals surface area contributed by atoms with Crippen LogP contribution in [-0.2, 0) is 11.3 Å². The molecule has 0 radical (unpaired) electrons. The number of aliphatic hydroxyl groups excluding tert-OH is 1. The number of carbonyl (C=O) groups is 2. The maximum Gasteiger partial charge on any atom is 0.252 e. The Bertz CT molecular complexity index is 1390. The van der Waals surface area contributed by atoms with Gasteiger partial charge in [-0.15, -0.1) is 0 Å². The number of carbonyl (C=O) groups excluding carboxylic acids is 2. The van der Waals surface area contributed by atoms with Crippen molar-refractivity contribution in [3.05, 3.63) is 53.6 Å². The molecule has 0 unspecified atom stereocenters. The predicted octanol–water partition coefficient (Wildman–Crippen LogP) is 5.24. The molecule has 1 aromatic heterocycles. The van der Waals surface area contributed by atoms with Gasteiger partial charge in [0.2, 0.25) is 5.91 Å². The van der Waals surface area contributed by atoms with Gasteiger partial charge in [0.25, 0.3) is 5.91 Å². The lowest BCUT2D eigenvalue weighted by Gasteiger charge is -2.36. The molecule has 3 aromatic rings. The van der Waals surface area contributed by atoms with Crippen LogP contribution in [0.15, 0.2) is 42.5 Å². The van der Waals surface area contributed by atoms with Crippen molar-refractivity contribution in [2.75, 3.05) is 19.7 Å². The zero-order valence-electron chi connectivity index (χ0n) is 23.0. The van der Waals surface area contributed by atoms with Crippen LogP contribution in [0.25, 0.3) is 22.2 Å². The van der Waals surface area contributed by atoms with Crippen LogP contribution >= 0.6 is 0 Å². The van der Waals surface area contributed by atoms with Gasteiger partial charge in [-0.2, -0.15) is 0 Å². The number of para-hydroxylation sites is 1. The van der Waals surface area contributed by atoms with Gasteiger partial charge in [-0.05, 0) is 75.3 Å². The fraction of sp³-hybridized carbons (Fsp3) is 0.500. The molecule has 7 nitrogen and oxygen atoms in total. The summed E-state index contributed by atoms with van der Waals surface area (Å²) in [5.41, 5.74) is 4.28. The summed E-state index contributed by atoms with van der Waals surface area (Å²) in [6.07, 6.45) is 6.93. The number of amides is 2. The molecule has 2 aliphatic heterocycles. The van der Waals surface area contributed by atoms with E-state index in [-0.39, 0.29) is 17.9 Å². The lowest BCUT2D eigenvalue weighted by Crippen LogP contribution is -2.57. The molecule has 3 heterocycles. The van der Waals surface area contributed by atoms with Gasteiger partial charge in [0.05, 0.1) is 18.3 Å². The van der Waals surface area contributed by atoms with Crippen molar-refractivity contribution in [3.8, 4) is 17.0 Å². The van der Waals surface area contributed by atoms with Gasteiger partial charge in [0.1, 0.15) is 17.9 Å². The summed E-state index contributed by atoms with van der Waals surface area (Å²) < 4.78 is 8.50. The van der Waals surface area contributed by atoms with Gasteiger partial charge in [0.15, 0.2) is 0 Å². The number of rotatable bonds is 4. The Kier molecular flexibility index (Phi) is 6.88. The fourth-order valence-electron chi connectivity index (χ4n) is 6.75. The predicted molar refractivity (Wildman–Crippen MR) is 152 cm³/mol. The Morgan fingerprint density at radius 1 is 0.974 bits per heavy atom. The average Bonchev–Trinajstić information content (AvgIpc) is 3.14. The van der Waals surface area contributed by atoms with Crippen LogP contribution in [-0.4, -0.2) is 57.7 Å². The molecular formula is C32H39N3O4. The number of piperidine rings is 1. The third-order valence-corrected chi connectivity index (χ3v) is 8.81. The molecule has 2 amide bonds. The molecule has 3 aliphatic rings. The highest BCUT2D eigenvalue weighted by Crippen LogP contribution is 2.47. The Morgan fingerprint density at radius 2 is 1.72 bits per heavy atom. The van der Waals surface area contributed by atoms with Crippen molar-refractivity contribution in [2.24, 2.45) is 0 Å². The third-order valence-electron chi connectivity index (χ3n) is 8.81. The van der Waals surface area contributed by atoms with Crippen molar-refractivity contribution >= 4 is 22.7 Å². The summed E-state index contributed by atoms with van der Waals surface area (Å²) >= 11 is 0. The van der Waals surface area contributed by atoms with Crippen molar-refractivity contribution in [1.82, 2.24) is 14.8 Å².